The van der Waals surface area contributed by atoms with Crippen molar-refractivity contribution in [1.29, 1.82) is 0 Å². The molecule has 0 saturated heterocycles. The molecule has 0 amide bonds. The fourth-order valence-corrected chi connectivity index (χ4v) is 4.72. The maximum Gasteiger partial charge on any atom is 0.311 e. The van der Waals surface area contributed by atoms with Gasteiger partial charge in [0.1, 0.15) is 0 Å². The van der Waals surface area contributed by atoms with Gasteiger partial charge in [-0.25, -0.2) is 0 Å². The van der Waals surface area contributed by atoms with Gasteiger partial charge in [0.25, 0.3) is 0 Å². The fraction of sp³-hybridized carbons (Fsp3) is 0.458. The first-order chi connectivity index (χ1) is 13.7. The third-order valence-electron chi connectivity index (χ3n) is 5.91. The van der Waals surface area contributed by atoms with Gasteiger partial charge < -0.3 is 9.47 Å². The van der Waals surface area contributed by atoms with Crippen LogP contribution in [-0.2, 0) is 17.6 Å². The van der Waals surface area contributed by atoms with Crippen molar-refractivity contribution in [3.8, 4) is 22.6 Å². The first kappa shape index (κ1) is 19.0. The number of ether oxygens (including phenoxy) is 2. The second kappa shape index (κ2) is 7.96. The summed E-state index contributed by atoms with van der Waals surface area (Å²) in [6.45, 7) is 6.37. The van der Waals surface area contributed by atoms with E-state index < -0.39 is 0 Å². The maximum absolute atomic E-state index is 12.4. The van der Waals surface area contributed by atoms with Crippen LogP contribution in [0.5, 0.6) is 11.5 Å². The largest absolute Gasteiger partial charge is 0.493 e. The molecule has 0 radical (unpaired) electrons. The van der Waals surface area contributed by atoms with Gasteiger partial charge in [-0.05, 0) is 60.5 Å². The molecular weight excluding hydrogens is 350 g/mol. The summed E-state index contributed by atoms with van der Waals surface area (Å²) in [6.07, 6.45) is 4.32. The van der Waals surface area contributed by atoms with Crippen LogP contribution in [0, 0.1) is 0 Å². The molecule has 0 bridgehead atoms. The minimum Gasteiger partial charge on any atom is -0.493 e. The van der Waals surface area contributed by atoms with E-state index in [1.54, 1.807) is 7.11 Å². The Bertz CT molecular complexity index is 890. The third-order valence-corrected chi connectivity index (χ3v) is 5.91. The van der Waals surface area contributed by atoms with Gasteiger partial charge in [-0.1, -0.05) is 38.1 Å². The highest BCUT2D eigenvalue weighted by atomic mass is 16.6. The Balaban J connectivity index is 1.94. The van der Waals surface area contributed by atoms with Gasteiger partial charge >= 0.3 is 5.97 Å². The van der Waals surface area contributed by atoms with E-state index in [0.29, 0.717) is 24.0 Å². The highest BCUT2D eigenvalue weighted by Crippen LogP contribution is 2.52. The van der Waals surface area contributed by atoms with Crippen molar-refractivity contribution in [2.24, 2.45) is 0 Å². The summed E-state index contributed by atoms with van der Waals surface area (Å²) in [5.74, 6) is 1.06. The van der Waals surface area contributed by atoms with E-state index in [1.165, 1.54) is 22.3 Å². The van der Waals surface area contributed by atoms with Crippen LogP contribution in [0.15, 0.2) is 30.3 Å². The standard InChI is InChI=1S/C24H29NO3/c1-4-8-21(26)28-24-20(27-3)15-17-11-13-25(12-5-2)19-14-16-9-6-7-10-18(16)23(24)22(17)19/h6-7,9-10,15,19H,4-5,8,11-14H2,1-3H3/t19-/m1/s1. The summed E-state index contributed by atoms with van der Waals surface area (Å²) >= 11 is 0. The zero-order valence-corrected chi connectivity index (χ0v) is 17.1. The first-order valence-electron chi connectivity index (χ1n) is 10.4. The molecule has 1 aliphatic carbocycles. The zero-order valence-electron chi connectivity index (χ0n) is 17.1. The number of carbonyl (C=O) groups excluding carboxylic acids is 1. The molecule has 148 valence electrons. The number of methoxy groups -OCH3 is 1. The monoisotopic (exact) mass is 379 g/mol. The molecule has 4 nitrogen and oxygen atoms in total. The average Bonchev–Trinajstić information content (AvgIpc) is 2.71. The quantitative estimate of drug-likeness (QED) is 0.527. The van der Waals surface area contributed by atoms with E-state index in [4.69, 9.17) is 9.47 Å². The van der Waals surface area contributed by atoms with E-state index in [9.17, 15) is 4.79 Å². The van der Waals surface area contributed by atoms with Crippen molar-refractivity contribution in [3.63, 3.8) is 0 Å². The van der Waals surface area contributed by atoms with Crippen LogP contribution in [-0.4, -0.2) is 31.1 Å². The molecule has 0 aromatic heterocycles. The molecule has 0 unspecified atom stereocenters. The van der Waals surface area contributed by atoms with Gasteiger partial charge in [0, 0.05) is 24.6 Å². The highest BCUT2D eigenvalue weighted by molar-refractivity contribution is 5.86. The number of rotatable bonds is 6. The molecule has 2 aromatic carbocycles. The van der Waals surface area contributed by atoms with E-state index in [0.717, 1.165) is 44.3 Å². The number of nitrogens with zero attached hydrogens (tertiary/aromatic N) is 1. The number of carbonyl (C=O) groups is 1. The fourth-order valence-electron chi connectivity index (χ4n) is 4.72. The lowest BCUT2D eigenvalue weighted by atomic mass is 9.76. The molecule has 1 heterocycles. The normalized spacial score (nSPS) is 17.6. The van der Waals surface area contributed by atoms with Crippen LogP contribution in [0.2, 0.25) is 0 Å². The van der Waals surface area contributed by atoms with Crippen LogP contribution in [0.1, 0.15) is 55.8 Å². The molecule has 4 heteroatoms. The van der Waals surface area contributed by atoms with Crippen molar-refractivity contribution in [2.45, 2.75) is 52.0 Å². The van der Waals surface area contributed by atoms with Gasteiger partial charge in [0.2, 0.25) is 0 Å². The molecule has 2 aliphatic rings. The van der Waals surface area contributed by atoms with Gasteiger partial charge in [0.05, 0.1) is 7.11 Å². The van der Waals surface area contributed by atoms with Crippen LogP contribution < -0.4 is 9.47 Å². The molecular formula is C24H29NO3. The Morgan fingerprint density at radius 1 is 1.18 bits per heavy atom. The summed E-state index contributed by atoms with van der Waals surface area (Å²) in [4.78, 5) is 15.0. The molecule has 4 rings (SSSR count). The topological polar surface area (TPSA) is 38.8 Å². The number of benzene rings is 2. The molecule has 0 N–H and O–H groups in total. The number of hydrogen-bond acceptors (Lipinski definition) is 4. The predicted octanol–water partition coefficient (Wildman–Crippen LogP) is 4.93. The van der Waals surface area contributed by atoms with E-state index in [2.05, 4.69) is 42.2 Å². The van der Waals surface area contributed by atoms with Crippen LogP contribution >= 0.6 is 0 Å². The summed E-state index contributed by atoms with van der Waals surface area (Å²) in [7, 11) is 1.66. The van der Waals surface area contributed by atoms with Gasteiger partial charge in [-0.15, -0.1) is 0 Å². The van der Waals surface area contributed by atoms with Crippen molar-refractivity contribution < 1.29 is 14.3 Å². The van der Waals surface area contributed by atoms with Gasteiger partial charge in [-0.2, -0.15) is 0 Å². The second-order valence-corrected chi connectivity index (χ2v) is 7.74. The summed E-state index contributed by atoms with van der Waals surface area (Å²) < 4.78 is 11.6. The third kappa shape index (κ3) is 3.20. The molecule has 0 fully saturated rings. The summed E-state index contributed by atoms with van der Waals surface area (Å²) in [5, 5.41) is 0. The van der Waals surface area contributed by atoms with Crippen molar-refractivity contribution in [2.75, 3.05) is 20.2 Å². The van der Waals surface area contributed by atoms with Crippen molar-refractivity contribution >= 4 is 5.97 Å². The minimum absolute atomic E-state index is 0.196. The Kier molecular flexibility index (Phi) is 5.40. The summed E-state index contributed by atoms with van der Waals surface area (Å²) in [5.41, 5.74) is 6.21. The van der Waals surface area contributed by atoms with Gasteiger partial charge in [0.15, 0.2) is 11.5 Å². The Hall–Kier alpha value is -2.33. The van der Waals surface area contributed by atoms with Gasteiger partial charge in [-0.3, -0.25) is 9.69 Å². The van der Waals surface area contributed by atoms with Crippen LogP contribution in [0.4, 0.5) is 0 Å². The number of hydrogen-bond donors (Lipinski definition) is 0. The Morgan fingerprint density at radius 2 is 2.00 bits per heavy atom. The number of esters is 1. The average molecular weight is 380 g/mol. The maximum atomic E-state index is 12.4. The van der Waals surface area contributed by atoms with E-state index in [-0.39, 0.29) is 5.97 Å². The smallest absolute Gasteiger partial charge is 0.311 e. The lowest BCUT2D eigenvalue weighted by molar-refractivity contribution is -0.134. The number of fused-ring (bicyclic) bond motifs is 2. The lowest BCUT2D eigenvalue weighted by Gasteiger charge is -2.42. The Morgan fingerprint density at radius 3 is 2.75 bits per heavy atom. The lowest BCUT2D eigenvalue weighted by Crippen LogP contribution is -2.39. The second-order valence-electron chi connectivity index (χ2n) is 7.74. The highest BCUT2D eigenvalue weighted by Gasteiger charge is 2.37. The molecule has 1 aliphatic heterocycles. The van der Waals surface area contributed by atoms with Crippen molar-refractivity contribution in [3.05, 3.63) is 47.0 Å². The molecule has 0 saturated carbocycles. The van der Waals surface area contributed by atoms with E-state index in [1.807, 2.05) is 6.92 Å². The molecule has 1 atom stereocenters. The van der Waals surface area contributed by atoms with Crippen LogP contribution in [0.25, 0.3) is 11.1 Å². The predicted molar refractivity (Wildman–Crippen MR) is 111 cm³/mol. The molecule has 0 spiro atoms. The summed E-state index contributed by atoms with van der Waals surface area (Å²) in [6, 6.07) is 10.9. The Labute approximate surface area is 167 Å². The first-order valence-corrected chi connectivity index (χ1v) is 10.4. The zero-order chi connectivity index (χ0) is 19.7. The molecule has 28 heavy (non-hydrogen) atoms. The molecule has 2 aromatic rings. The minimum atomic E-state index is -0.196. The van der Waals surface area contributed by atoms with Crippen molar-refractivity contribution in [1.82, 2.24) is 4.90 Å². The van der Waals surface area contributed by atoms with E-state index >= 15 is 0 Å². The van der Waals surface area contributed by atoms with Crippen LogP contribution in [0.3, 0.4) is 0 Å². The SMILES string of the molecule is CCCC(=O)Oc1c(OC)cc2c3c1-c1ccccc1C[C@H]3N(CCC)CC2.